The van der Waals surface area contributed by atoms with E-state index in [1.54, 1.807) is 0 Å². The van der Waals surface area contributed by atoms with Gasteiger partial charge in [-0.3, -0.25) is 0 Å². The molecule has 0 aromatic heterocycles. The summed E-state index contributed by atoms with van der Waals surface area (Å²) in [6.45, 7) is 12.8. The average molecular weight is 312 g/mol. The third-order valence-corrected chi connectivity index (χ3v) is 4.41. The van der Waals surface area contributed by atoms with Crippen LogP contribution in [0.1, 0.15) is 66.7 Å². The van der Waals surface area contributed by atoms with E-state index < -0.39 is 5.60 Å². The average Bonchev–Trinajstić information content (AvgIpc) is 2.41. The minimum atomic E-state index is -0.434. The second-order valence-corrected chi connectivity index (χ2v) is 8.05. The SMILES string of the molecule is CC(C)C(CNCC1CCCCC1)CNC(=O)OC(C)(C)C. The zero-order valence-electron chi connectivity index (χ0n) is 15.2. The molecule has 4 nitrogen and oxygen atoms in total. The fourth-order valence-corrected chi connectivity index (χ4v) is 2.94. The standard InChI is InChI=1S/C18H36N2O2/c1-14(2)16(13-20-17(21)22-18(3,4)5)12-19-11-15-9-7-6-8-10-15/h14-16,19H,6-13H2,1-5H3,(H,20,21). The van der Waals surface area contributed by atoms with Gasteiger partial charge in [0.2, 0.25) is 0 Å². The van der Waals surface area contributed by atoms with E-state index in [1.807, 2.05) is 20.8 Å². The zero-order chi connectivity index (χ0) is 16.6. The summed E-state index contributed by atoms with van der Waals surface area (Å²) in [5.74, 6) is 1.82. The van der Waals surface area contributed by atoms with Crippen LogP contribution in [0.3, 0.4) is 0 Å². The second-order valence-electron chi connectivity index (χ2n) is 8.05. The molecule has 0 radical (unpaired) electrons. The number of rotatable bonds is 7. The number of hydrogen-bond acceptors (Lipinski definition) is 3. The van der Waals surface area contributed by atoms with Crippen LogP contribution in [0, 0.1) is 17.8 Å². The maximum absolute atomic E-state index is 11.8. The summed E-state index contributed by atoms with van der Waals surface area (Å²) in [7, 11) is 0. The van der Waals surface area contributed by atoms with E-state index in [-0.39, 0.29) is 6.09 Å². The third kappa shape index (κ3) is 8.62. The maximum atomic E-state index is 11.8. The van der Waals surface area contributed by atoms with Crippen molar-refractivity contribution >= 4 is 6.09 Å². The summed E-state index contributed by atoms with van der Waals surface area (Å²) in [5.41, 5.74) is -0.434. The Labute approximate surface area is 136 Å². The smallest absolute Gasteiger partial charge is 0.407 e. The summed E-state index contributed by atoms with van der Waals surface area (Å²) in [6.07, 6.45) is 6.61. The molecule has 1 amide bonds. The molecule has 1 fully saturated rings. The molecule has 0 spiro atoms. The van der Waals surface area contributed by atoms with Crippen LogP contribution in [0.2, 0.25) is 0 Å². The largest absolute Gasteiger partial charge is 0.444 e. The van der Waals surface area contributed by atoms with Crippen LogP contribution in [-0.4, -0.2) is 31.3 Å². The minimum absolute atomic E-state index is 0.314. The Morgan fingerprint density at radius 1 is 1.14 bits per heavy atom. The van der Waals surface area contributed by atoms with Gasteiger partial charge in [0, 0.05) is 6.54 Å². The first-order chi connectivity index (χ1) is 10.3. The monoisotopic (exact) mass is 312 g/mol. The predicted octanol–water partition coefficient (Wildman–Crippen LogP) is 3.95. The lowest BCUT2D eigenvalue weighted by molar-refractivity contribution is 0.0514. The van der Waals surface area contributed by atoms with E-state index in [0.29, 0.717) is 18.4 Å². The molecule has 1 saturated carbocycles. The number of hydrogen-bond donors (Lipinski definition) is 2. The van der Waals surface area contributed by atoms with E-state index in [0.717, 1.165) is 19.0 Å². The van der Waals surface area contributed by atoms with Gasteiger partial charge in [-0.15, -0.1) is 0 Å². The molecular formula is C18H36N2O2. The Morgan fingerprint density at radius 2 is 1.77 bits per heavy atom. The molecule has 0 aromatic carbocycles. The molecule has 0 saturated heterocycles. The van der Waals surface area contributed by atoms with Crippen molar-refractivity contribution in [1.82, 2.24) is 10.6 Å². The predicted molar refractivity (Wildman–Crippen MR) is 92.0 cm³/mol. The highest BCUT2D eigenvalue weighted by Gasteiger charge is 2.19. The van der Waals surface area contributed by atoms with Crippen molar-refractivity contribution < 1.29 is 9.53 Å². The molecule has 22 heavy (non-hydrogen) atoms. The van der Waals surface area contributed by atoms with Gasteiger partial charge in [0.15, 0.2) is 0 Å². The number of nitrogens with one attached hydrogen (secondary N) is 2. The van der Waals surface area contributed by atoms with Crippen LogP contribution in [0.15, 0.2) is 0 Å². The number of carbonyl (C=O) groups excluding carboxylic acids is 1. The molecular weight excluding hydrogens is 276 g/mol. The highest BCUT2D eigenvalue weighted by molar-refractivity contribution is 5.67. The quantitative estimate of drug-likeness (QED) is 0.748. The molecule has 0 heterocycles. The van der Waals surface area contributed by atoms with Crippen LogP contribution in [0.4, 0.5) is 4.79 Å². The van der Waals surface area contributed by atoms with E-state index in [9.17, 15) is 4.79 Å². The molecule has 1 aliphatic rings. The van der Waals surface area contributed by atoms with Crippen molar-refractivity contribution in [2.45, 2.75) is 72.3 Å². The topological polar surface area (TPSA) is 50.4 Å². The fourth-order valence-electron chi connectivity index (χ4n) is 2.94. The minimum Gasteiger partial charge on any atom is -0.444 e. The first-order valence-corrected chi connectivity index (χ1v) is 8.95. The fraction of sp³-hybridized carbons (Fsp3) is 0.944. The molecule has 1 rings (SSSR count). The van der Waals surface area contributed by atoms with Crippen LogP contribution >= 0.6 is 0 Å². The summed E-state index contributed by atoms with van der Waals surface area (Å²) in [6, 6.07) is 0. The lowest BCUT2D eigenvalue weighted by atomic mass is 9.89. The Morgan fingerprint density at radius 3 is 2.32 bits per heavy atom. The van der Waals surface area contributed by atoms with Crippen molar-refractivity contribution in [2.24, 2.45) is 17.8 Å². The molecule has 1 aliphatic carbocycles. The van der Waals surface area contributed by atoms with Crippen LogP contribution in [0.5, 0.6) is 0 Å². The van der Waals surface area contributed by atoms with Crippen molar-refractivity contribution in [1.29, 1.82) is 0 Å². The van der Waals surface area contributed by atoms with Gasteiger partial charge < -0.3 is 15.4 Å². The van der Waals surface area contributed by atoms with Crippen molar-refractivity contribution in [3.05, 3.63) is 0 Å². The van der Waals surface area contributed by atoms with E-state index in [2.05, 4.69) is 24.5 Å². The molecule has 0 bridgehead atoms. The maximum Gasteiger partial charge on any atom is 0.407 e. The molecule has 1 unspecified atom stereocenters. The van der Waals surface area contributed by atoms with Crippen molar-refractivity contribution in [3.63, 3.8) is 0 Å². The van der Waals surface area contributed by atoms with Crippen LogP contribution in [-0.2, 0) is 4.74 Å². The summed E-state index contributed by atoms with van der Waals surface area (Å²) in [5, 5.41) is 6.52. The normalized spacial score (nSPS) is 18.3. The van der Waals surface area contributed by atoms with Crippen molar-refractivity contribution in [3.8, 4) is 0 Å². The number of amides is 1. The highest BCUT2D eigenvalue weighted by atomic mass is 16.6. The lowest BCUT2D eigenvalue weighted by Crippen LogP contribution is -2.40. The Balaban J connectivity index is 2.25. The Bertz CT molecular complexity index is 318. The van der Waals surface area contributed by atoms with Gasteiger partial charge in [0.05, 0.1) is 0 Å². The number of ether oxygens (including phenoxy) is 1. The van der Waals surface area contributed by atoms with Gasteiger partial charge in [-0.25, -0.2) is 4.79 Å². The Hall–Kier alpha value is -0.770. The molecule has 0 aromatic rings. The van der Waals surface area contributed by atoms with Crippen LogP contribution in [0.25, 0.3) is 0 Å². The van der Waals surface area contributed by atoms with Gasteiger partial charge in [-0.1, -0.05) is 33.1 Å². The van der Waals surface area contributed by atoms with E-state index in [1.165, 1.54) is 32.1 Å². The molecule has 2 N–H and O–H groups in total. The first kappa shape index (κ1) is 19.3. The van der Waals surface area contributed by atoms with Crippen molar-refractivity contribution in [2.75, 3.05) is 19.6 Å². The summed E-state index contributed by atoms with van der Waals surface area (Å²) in [4.78, 5) is 11.8. The molecule has 0 aliphatic heterocycles. The van der Waals surface area contributed by atoms with Gasteiger partial charge >= 0.3 is 6.09 Å². The van der Waals surface area contributed by atoms with Crippen LogP contribution < -0.4 is 10.6 Å². The zero-order valence-corrected chi connectivity index (χ0v) is 15.2. The molecule has 1 atom stereocenters. The summed E-state index contributed by atoms with van der Waals surface area (Å²) < 4.78 is 5.30. The molecule has 4 heteroatoms. The van der Waals surface area contributed by atoms with Gasteiger partial charge in [0.1, 0.15) is 5.60 Å². The third-order valence-electron chi connectivity index (χ3n) is 4.41. The number of carbonyl (C=O) groups is 1. The molecule has 130 valence electrons. The Kier molecular flexibility index (Phi) is 8.23. The first-order valence-electron chi connectivity index (χ1n) is 8.95. The van der Waals surface area contributed by atoms with Gasteiger partial charge in [0.25, 0.3) is 0 Å². The van der Waals surface area contributed by atoms with E-state index >= 15 is 0 Å². The van der Waals surface area contributed by atoms with E-state index in [4.69, 9.17) is 4.74 Å². The highest BCUT2D eigenvalue weighted by Crippen LogP contribution is 2.22. The lowest BCUT2D eigenvalue weighted by Gasteiger charge is -2.26. The second kappa shape index (κ2) is 9.39. The number of alkyl carbamates (subject to hydrolysis) is 1. The van der Waals surface area contributed by atoms with Gasteiger partial charge in [-0.2, -0.15) is 0 Å². The van der Waals surface area contributed by atoms with Gasteiger partial charge in [-0.05, 0) is 64.5 Å². The summed E-state index contributed by atoms with van der Waals surface area (Å²) >= 11 is 0.